The monoisotopic (exact) mass is 514 g/mol. The largest absolute Gasteiger partial charge is 0.497 e. The number of hydrogen-bond donors (Lipinski definition) is 1. The summed E-state index contributed by atoms with van der Waals surface area (Å²) >= 11 is 3.52. The van der Waals surface area contributed by atoms with E-state index in [0.29, 0.717) is 13.0 Å². The second-order valence-corrected chi connectivity index (χ2v) is 9.56. The van der Waals surface area contributed by atoms with Gasteiger partial charge in [-0.3, -0.25) is 9.69 Å². The average molecular weight is 515 g/mol. The molecular formula is C27H23BrN4O2. The Hall–Kier alpha value is -3.42. The number of hydrogen-bond acceptors (Lipinski definition) is 4. The summed E-state index contributed by atoms with van der Waals surface area (Å²) in [5.74, 6) is 0.807. The molecule has 0 bridgehead atoms. The van der Waals surface area contributed by atoms with Crippen LogP contribution in [-0.4, -0.2) is 40.2 Å². The molecule has 0 aliphatic carbocycles. The molecule has 7 heteroatoms. The van der Waals surface area contributed by atoms with Gasteiger partial charge >= 0.3 is 0 Å². The van der Waals surface area contributed by atoms with Crippen LogP contribution in [0.25, 0.3) is 10.9 Å². The van der Waals surface area contributed by atoms with E-state index in [4.69, 9.17) is 9.84 Å². The van der Waals surface area contributed by atoms with Gasteiger partial charge in [-0.15, -0.1) is 0 Å². The van der Waals surface area contributed by atoms with Gasteiger partial charge in [-0.05, 0) is 65.6 Å². The van der Waals surface area contributed by atoms with Gasteiger partial charge in [0.2, 0.25) is 0 Å². The first-order valence-electron chi connectivity index (χ1n) is 11.2. The summed E-state index contributed by atoms with van der Waals surface area (Å²) in [5.41, 5.74) is 5.47. The number of nitrogens with zero attached hydrogens (tertiary/aromatic N) is 3. The molecule has 0 spiro atoms. The highest BCUT2D eigenvalue weighted by molar-refractivity contribution is 9.10. The van der Waals surface area contributed by atoms with E-state index in [-0.39, 0.29) is 18.1 Å². The molecule has 170 valence electrons. The topological polar surface area (TPSA) is 60.9 Å². The SMILES string of the molecule is COc1ccc(/C=N\N2C(=O)[C@H]3Cc4c([nH]c5ccccc45)CN3[C@H]2c2ccc(Br)cc2)cc1. The van der Waals surface area contributed by atoms with Crippen LogP contribution in [0.15, 0.2) is 82.4 Å². The molecule has 2 aliphatic rings. The Morgan fingerprint density at radius 1 is 1.06 bits per heavy atom. The van der Waals surface area contributed by atoms with Crippen LogP contribution in [0.5, 0.6) is 5.75 Å². The molecule has 1 aromatic heterocycles. The maximum Gasteiger partial charge on any atom is 0.262 e. The van der Waals surface area contributed by atoms with Crippen LogP contribution in [-0.2, 0) is 17.8 Å². The van der Waals surface area contributed by atoms with Crippen LogP contribution >= 0.6 is 15.9 Å². The number of benzene rings is 3. The summed E-state index contributed by atoms with van der Waals surface area (Å²) < 4.78 is 6.25. The highest BCUT2D eigenvalue weighted by Crippen LogP contribution is 2.42. The Morgan fingerprint density at radius 3 is 2.59 bits per heavy atom. The number of carbonyl (C=O) groups is 1. The molecule has 1 amide bonds. The van der Waals surface area contributed by atoms with Crippen molar-refractivity contribution in [3.8, 4) is 5.75 Å². The number of amides is 1. The number of nitrogens with one attached hydrogen (secondary N) is 1. The quantitative estimate of drug-likeness (QED) is 0.378. The van der Waals surface area contributed by atoms with E-state index in [2.05, 4.69) is 56.1 Å². The van der Waals surface area contributed by atoms with Crippen LogP contribution < -0.4 is 4.74 Å². The molecule has 0 saturated carbocycles. The zero-order valence-electron chi connectivity index (χ0n) is 18.6. The lowest BCUT2D eigenvalue weighted by molar-refractivity contribution is -0.130. The molecule has 6 nitrogen and oxygen atoms in total. The molecule has 6 rings (SSSR count). The van der Waals surface area contributed by atoms with Gasteiger partial charge in [-0.1, -0.05) is 46.3 Å². The van der Waals surface area contributed by atoms with Crippen LogP contribution in [0.1, 0.15) is 28.6 Å². The van der Waals surface area contributed by atoms with Crippen molar-refractivity contribution in [2.75, 3.05) is 7.11 Å². The van der Waals surface area contributed by atoms with Crippen LogP contribution in [0.2, 0.25) is 0 Å². The smallest absolute Gasteiger partial charge is 0.262 e. The second-order valence-electron chi connectivity index (χ2n) is 8.65. The van der Waals surface area contributed by atoms with E-state index in [1.54, 1.807) is 18.3 Å². The second kappa shape index (κ2) is 8.42. The number of hydrazone groups is 1. The lowest BCUT2D eigenvalue weighted by Crippen LogP contribution is -2.39. The molecule has 2 atom stereocenters. The van der Waals surface area contributed by atoms with E-state index < -0.39 is 0 Å². The minimum atomic E-state index is -0.278. The summed E-state index contributed by atoms with van der Waals surface area (Å²) in [6, 6.07) is 23.8. The third-order valence-electron chi connectivity index (χ3n) is 6.71. The van der Waals surface area contributed by atoms with E-state index >= 15 is 0 Å². The highest BCUT2D eigenvalue weighted by atomic mass is 79.9. The van der Waals surface area contributed by atoms with Crippen molar-refractivity contribution in [3.63, 3.8) is 0 Å². The Bertz CT molecular complexity index is 1390. The summed E-state index contributed by atoms with van der Waals surface area (Å²) in [4.78, 5) is 19.5. The number of carbonyl (C=O) groups excluding carboxylic acids is 1. The average Bonchev–Trinajstić information content (AvgIpc) is 3.36. The summed E-state index contributed by atoms with van der Waals surface area (Å²) in [6.45, 7) is 0.662. The molecule has 3 aromatic carbocycles. The number of para-hydroxylation sites is 1. The molecule has 1 N–H and O–H groups in total. The number of H-pyrrole nitrogens is 1. The predicted molar refractivity (Wildman–Crippen MR) is 136 cm³/mol. The zero-order valence-corrected chi connectivity index (χ0v) is 20.2. The fraction of sp³-hybridized carbons (Fsp3) is 0.185. The minimum Gasteiger partial charge on any atom is -0.497 e. The lowest BCUT2D eigenvalue weighted by Gasteiger charge is -2.32. The maximum absolute atomic E-state index is 13.7. The number of rotatable bonds is 4. The molecule has 3 heterocycles. The Kier molecular flexibility index (Phi) is 5.23. The molecule has 2 aliphatic heterocycles. The van der Waals surface area contributed by atoms with Gasteiger partial charge in [-0.25, -0.2) is 5.01 Å². The Morgan fingerprint density at radius 2 is 1.82 bits per heavy atom. The summed E-state index contributed by atoms with van der Waals surface area (Å²) in [6.07, 6.45) is 2.13. The standard InChI is InChI=1S/C27H23BrN4O2/c1-34-20-12-6-17(7-13-20)15-29-32-26(18-8-10-19(28)11-9-18)31-16-24-22(14-25(31)27(32)33)21-4-2-3-5-23(21)30-24/h2-13,15,25-26,30H,14,16H2,1H3/b29-15-/t25-,26-/m1/s1. The van der Waals surface area contributed by atoms with Gasteiger partial charge < -0.3 is 9.72 Å². The van der Waals surface area contributed by atoms with Crippen molar-refractivity contribution in [1.82, 2.24) is 14.9 Å². The van der Waals surface area contributed by atoms with Gasteiger partial charge in [0.15, 0.2) is 0 Å². The Labute approximate surface area is 206 Å². The third kappa shape index (κ3) is 3.52. The first-order chi connectivity index (χ1) is 16.6. The number of fused-ring (bicyclic) bond motifs is 4. The Balaban J connectivity index is 1.39. The first kappa shape index (κ1) is 21.1. The minimum absolute atomic E-state index is 0.0219. The maximum atomic E-state index is 13.7. The van der Waals surface area contributed by atoms with Crippen molar-refractivity contribution < 1.29 is 9.53 Å². The van der Waals surface area contributed by atoms with Crippen molar-refractivity contribution >= 4 is 39.0 Å². The third-order valence-corrected chi connectivity index (χ3v) is 7.24. The normalized spacial score (nSPS) is 20.2. The van der Waals surface area contributed by atoms with Crippen molar-refractivity contribution in [1.29, 1.82) is 0 Å². The van der Waals surface area contributed by atoms with Gasteiger partial charge in [0, 0.05) is 27.6 Å². The fourth-order valence-electron chi connectivity index (χ4n) is 5.03. The fourth-order valence-corrected chi connectivity index (χ4v) is 5.30. The number of aromatic amines is 1. The van der Waals surface area contributed by atoms with E-state index in [0.717, 1.165) is 26.9 Å². The van der Waals surface area contributed by atoms with Crippen molar-refractivity contribution in [3.05, 3.63) is 99.7 Å². The van der Waals surface area contributed by atoms with Gasteiger partial charge in [0.1, 0.15) is 11.9 Å². The molecule has 34 heavy (non-hydrogen) atoms. The first-order valence-corrected chi connectivity index (χ1v) is 12.0. The van der Waals surface area contributed by atoms with Gasteiger partial charge in [0.05, 0.1) is 19.4 Å². The highest BCUT2D eigenvalue weighted by Gasteiger charge is 2.49. The van der Waals surface area contributed by atoms with Crippen LogP contribution in [0, 0.1) is 0 Å². The molecule has 1 saturated heterocycles. The number of methoxy groups -OCH3 is 1. The van der Waals surface area contributed by atoms with Gasteiger partial charge in [-0.2, -0.15) is 5.10 Å². The molecule has 4 aromatic rings. The molecule has 0 radical (unpaired) electrons. The number of ether oxygens (including phenoxy) is 1. The van der Waals surface area contributed by atoms with Gasteiger partial charge in [0.25, 0.3) is 5.91 Å². The van der Waals surface area contributed by atoms with E-state index in [9.17, 15) is 4.79 Å². The van der Waals surface area contributed by atoms with Crippen LogP contribution in [0.4, 0.5) is 0 Å². The van der Waals surface area contributed by atoms with Crippen LogP contribution in [0.3, 0.4) is 0 Å². The number of halogens is 1. The molecule has 1 fully saturated rings. The van der Waals surface area contributed by atoms with E-state index in [1.807, 2.05) is 42.5 Å². The zero-order chi connectivity index (χ0) is 23.2. The summed E-state index contributed by atoms with van der Waals surface area (Å²) in [5, 5.41) is 7.54. The van der Waals surface area contributed by atoms with E-state index in [1.165, 1.54) is 16.6 Å². The summed E-state index contributed by atoms with van der Waals surface area (Å²) in [7, 11) is 1.64. The number of aromatic nitrogens is 1. The van der Waals surface area contributed by atoms with Crippen molar-refractivity contribution in [2.24, 2.45) is 5.10 Å². The predicted octanol–water partition coefficient (Wildman–Crippen LogP) is 5.24. The molecule has 0 unspecified atom stereocenters. The lowest BCUT2D eigenvalue weighted by atomic mass is 9.97. The molecular weight excluding hydrogens is 492 g/mol. The van der Waals surface area contributed by atoms with Crippen molar-refractivity contribution in [2.45, 2.75) is 25.2 Å².